The number of nitrogens with zero attached hydrogens (tertiary/aromatic N) is 1. The van der Waals surface area contributed by atoms with Crippen LogP contribution in [-0.4, -0.2) is 11.6 Å². The van der Waals surface area contributed by atoms with Crippen molar-refractivity contribution in [3.05, 3.63) is 48.5 Å². The van der Waals surface area contributed by atoms with Gasteiger partial charge < -0.3 is 10.1 Å². The van der Waals surface area contributed by atoms with Crippen molar-refractivity contribution in [2.45, 2.75) is 13.5 Å². The largest absolute Gasteiger partial charge is 0.492 e. The van der Waals surface area contributed by atoms with Crippen molar-refractivity contribution in [1.82, 2.24) is 4.98 Å². The van der Waals surface area contributed by atoms with Crippen LogP contribution >= 0.6 is 59.4 Å². The lowest BCUT2D eigenvalue weighted by atomic mass is 10.2. The Labute approximate surface area is 153 Å². The molecule has 7 heteroatoms. The van der Waals surface area contributed by atoms with Gasteiger partial charge in [0.25, 0.3) is 0 Å². The SMILES string of the molecule is CCOc1c(Br)cc(Br)cc1CNc1cnc(Cl)c(Br)c1. The summed E-state index contributed by atoms with van der Waals surface area (Å²) in [5.41, 5.74) is 1.92. The molecule has 112 valence electrons. The molecule has 1 N–H and O–H groups in total. The van der Waals surface area contributed by atoms with Gasteiger partial charge in [-0.15, -0.1) is 0 Å². The quantitative estimate of drug-likeness (QED) is 0.510. The van der Waals surface area contributed by atoms with E-state index < -0.39 is 0 Å². The summed E-state index contributed by atoms with van der Waals surface area (Å²) in [5, 5.41) is 3.75. The van der Waals surface area contributed by atoms with Crippen LogP contribution in [0.3, 0.4) is 0 Å². The zero-order chi connectivity index (χ0) is 15.4. The molecule has 21 heavy (non-hydrogen) atoms. The smallest absolute Gasteiger partial charge is 0.143 e. The molecule has 0 aliphatic rings. The summed E-state index contributed by atoms with van der Waals surface area (Å²) in [7, 11) is 0. The maximum absolute atomic E-state index is 5.89. The standard InChI is InChI=1S/C14H12Br3ClN2O/c1-2-21-13-8(3-9(15)4-11(13)16)6-19-10-5-12(17)14(18)20-7-10/h3-5,7,19H,2,6H2,1H3. The summed E-state index contributed by atoms with van der Waals surface area (Å²) >= 11 is 16.3. The van der Waals surface area contributed by atoms with Crippen molar-refractivity contribution in [3.8, 4) is 5.75 Å². The van der Waals surface area contributed by atoms with Crippen LogP contribution < -0.4 is 10.1 Å². The monoisotopic (exact) mass is 496 g/mol. The number of anilines is 1. The van der Waals surface area contributed by atoms with Crippen LogP contribution in [0.5, 0.6) is 5.75 Å². The van der Waals surface area contributed by atoms with E-state index in [0.29, 0.717) is 18.3 Å². The summed E-state index contributed by atoms with van der Waals surface area (Å²) in [5.74, 6) is 0.842. The van der Waals surface area contributed by atoms with Crippen LogP contribution in [-0.2, 0) is 6.54 Å². The summed E-state index contributed by atoms with van der Waals surface area (Å²) in [6.07, 6.45) is 1.69. The lowest BCUT2D eigenvalue weighted by Crippen LogP contribution is -2.04. The molecule has 0 aliphatic carbocycles. The maximum atomic E-state index is 5.89. The second-order valence-electron chi connectivity index (χ2n) is 4.16. The van der Waals surface area contributed by atoms with E-state index in [4.69, 9.17) is 16.3 Å². The van der Waals surface area contributed by atoms with Crippen LogP contribution in [0.1, 0.15) is 12.5 Å². The van der Waals surface area contributed by atoms with Gasteiger partial charge in [0, 0.05) is 16.6 Å². The number of hydrogen-bond acceptors (Lipinski definition) is 3. The average Bonchev–Trinajstić information content (AvgIpc) is 2.43. The molecule has 0 radical (unpaired) electrons. The molecule has 0 atom stereocenters. The molecule has 1 aromatic carbocycles. The number of rotatable bonds is 5. The number of aromatic nitrogens is 1. The van der Waals surface area contributed by atoms with Crippen LogP contribution in [0.2, 0.25) is 5.15 Å². The summed E-state index contributed by atoms with van der Waals surface area (Å²) < 4.78 is 8.37. The molecule has 0 amide bonds. The van der Waals surface area contributed by atoms with Gasteiger partial charge >= 0.3 is 0 Å². The van der Waals surface area contributed by atoms with Gasteiger partial charge in [-0.3, -0.25) is 0 Å². The summed E-state index contributed by atoms with van der Waals surface area (Å²) in [6.45, 7) is 3.19. The van der Waals surface area contributed by atoms with Crippen molar-refractivity contribution < 1.29 is 4.74 Å². The second-order valence-corrected chi connectivity index (χ2v) is 7.14. The Morgan fingerprint density at radius 3 is 2.62 bits per heavy atom. The van der Waals surface area contributed by atoms with Gasteiger partial charge in [0.05, 0.1) is 27.4 Å². The van der Waals surface area contributed by atoms with E-state index in [-0.39, 0.29) is 0 Å². The Balaban J connectivity index is 2.20. The minimum absolute atomic E-state index is 0.445. The minimum Gasteiger partial charge on any atom is -0.492 e. The molecular formula is C14H12Br3ClN2O. The Morgan fingerprint density at radius 2 is 1.95 bits per heavy atom. The first-order chi connectivity index (χ1) is 10.0. The van der Waals surface area contributed by atoms with Crippen molar-refractivity contribution >= 4 is 65.1 Å². The number of nitrogens with one attached hydrogen (secondary N) is 1. The zero-order valence-electron chi connectivity index (χ0n) is 11.1. The predicted molar refractivity (Wildman–Crippen MR) is 97.3 cm³/mol. The Bertz CT molecular complexity index is 652. The maximum Gasteiger partial charge on any atom is 0.143 e. The molecule has 2 rings (SSSR count). The van der Waals surface area contributed by atoms with Crippen molar-refractivity contribution in [2.24, 2.45) is 0 Å². The predicted octanol–water partition coefficient (Wildman–Crippen LogP) is 6.03. The molecule has 2 aromatic rings. The van der Waals surface area contributed by atoms with Gasteiger partial charge in [0.15, 0.2) is 0 Å². The molecule has 0 spiro atoms. The third kappa shape index (κ3) is 4.58. The summed E-state index contributed by atoms with van der Waals surface area (Å²) in [6, 6.07) is 5.89. The molecule has 0 saturated carbocycles. The first-order valence-electron chi connectivity index (χ1n) is 6.17. The number of benzene rings is 1. The third-order valence-electron chi connectivity index (χ3n) is 2.65. The molecule has 0 saturated heterocycles. The van der Waals surface area contributed by atoms with E-state index in [1.807, 2.05) is 25.1 Å². The van der Waals surface area contributed by atoms with E-state index in [1.165, 1.54) is 0 Å². The van der Waals surface area contributed by atoms with Gasteiger partial charge in [-0.05, 0) is 57.0 Å². The number of halogens is 4. The molecular weight excluding hydrogens is 487 g/mol. The molecule has 0 aliphatic heterocycles. The number of hydrogen-bond donors (Lipinski definition) is 1. The highest BCUT2D eigenvalue weighted by Crippen LogP contribution is 2.33. The van der Waals surface area contributed by atoms with E-state index in [9.17, 15) is 0 Å². The van der Waals surface area contributed by atoms with Gasteiger partial charge in [-0.1, -0.05) is 27.5 Å². The fourth-order valence-electron chi connectivity index (χ4n) is 1.77. The van der Waals surface area contributed by atoms with Gasteiger partial charge in [0.1, 0.15) is 10.9 Å². The Kier molecular flexibility index (Phi) is 6.34. The summed E-state index contributed by atoms with van der Waals surface area (Å²) in [4.78, 5) is 4.09. The van der Waals surface area contributed by atoms with E-state index in [1.54, 1.807) is 6.20 Å². The topological polar surface area (TPSA) is 34.1 Å². The van der Waals surface area contributed by atoms with Gasteiger partial charge in [0.2, 0.25) is 0 Å². The van der Waals surface area contributed by atoms with Crippen LogP contribution in [0, 0.1) is 0 Å². The normalized spacial score (nSPS) is 10.5. The molecule has 3 nitrogen and oxygen atoms in total. The highest BCUT2D eigenvalue weighted by atomic mass is 79.9. The van der Waals surface area contributed by atoms with Crippen molar-refractivity contribution in [1.29, 1.82) is 0 Å². The lowest BCUT2D eigenvalue weighted by molar-refractivity contribution is 0.334. The van der Waals surface area contributed by atoms with Crippen molar-refractivity contribution in [3.63, 3.8) is 0 Å². The number of ether oxygens (including phenoxy) is 1. The first kappa shape index (κ1) is 17.1. The molecule has 1 aromatic heterocycles. The van der Waals surface area contributed by atoms with E-state index >= 15 is 0 Å². The Morgan fingerprint density at radius 1 is 1.19 bits per heavy atom. The lowest BCUT2D eigenvalue weighted by Gasteiger charge is -2.14. The second kappa shape index (κ2) is 7.81. The van der Waals surface area contributed by atoms with Gasteiger partial charge in [-0.25, -0.2) is 4.98 Å². The molecule has 0 fully saturated rings. The van der Waals surface area contributed by atoms with Gasteiger partial charge in [-0.2, -0.15) is 0 Å². The fraction of sp³-hybridized carbons (Fsp3) is 0.214. The van der Waals surface area contributed by atoms with Crippen LogP contribution in [0.4, 0.5) is 5.69 Å². The van der Waals surface area contributed by atoms with Crippen LogP contribution in [0.25, 0.3) is 0 Å². The number of pyridine rings is 1. The average molecular weight is 499 g/mol. The highest BCUT2D eigenvalue weighted by Gasteiger charge is 2.10. The van der Waals surface area contributed by atoms with E-state index in [2.05, 4.69) is 58.1 Å². The molecule has 1 heterocycles. The Hall–Kier alpha value is -0.300. The molecule has 0 unspecified atom stereocenters. The van der Waals surface area contributed by atoms with Crippen molar-refractivity contribution in [2.75, 3.05) is 11.9 Å². The molecule has 0 bridgehead atoms. The fourth-order valence-corrected chi connectivity index (χ4v) is 3.65. The minimum atomic E-state index is 0.445. The first-order valence-corrected chi connectivity index (χ1v) is 8.92. The highest BCUT2D eigenvalue weighted by molar-refractivity contribution is 9.11. The van der Waals surface area contributed by atoms with E-state index in [0.717, 1.165) is 30.4 Å². The third-order valence-corrected chi connectivity index (χ3v) is 4.83. The zero-order valence-corrected chi connectivity index (χ0v) is 16.6. The van der Waals surface area contributed by atoms with Crippen LogP contribution in [0.15, 0.2) is 37.8 Å².